The van der Waals surface area contributed by atoms with Crippen LogP contribution in [-0.2, 0) is 9.53 Å². The van der Waals surface area contributed by atoms with E-state index in [9.17, 15) is 4.79 Å². The Kier molecular flexibility index (Phi) is 23.7. The Morgan fingerprint density at radius 2 is 1.03 bits per heavy atom. The van der Waals surface area contributed by atoms with Gasteiger partial charge in [0.2, 0.25) is 0 Å². The molecule has 0 atom stereocenters. The molecule has 0 heterocycles. The van der Waals surface area contributed by atoms with Crippen LogP contribution in [0.3, 0.4) is 0 Å². The first kappa shape index (κ1) is 30.0. The molecule has 0 aromatic heterocycles. The molecule has 0 aromatic rings. The molecule has 0 aliphatic carbocycles. The van der Waals surface area contributed by atoms with E-state index in [1.165, 1.54) is 109 Å². The Morgan fingerprint density at radius 1 is 0.700 bits per heavy atom. The van der Waals surface area contributed by atoms with Crippen LogP contribution in [0.25, 0.3) is 0 Å². The summed E-state index contributed by atoms with van der Waals surface area (Å²) in [6.45, 7) is 5.81. The van der Waals surface area contributed by atoms with Crippen molar-refractivity contribution in [3.63, 3.8) is 0 Å². The van der Waals surface area contributed by atoms with E-state index in [4.69, 9.17) is 27.9 Å². The van der Waals surface area contributed by atoms with Gasteiger partial charge in [-0.2, -0.15) is 0 Å². The van der Waals surface area contributed by atoms with Crippen molar-refractivity contribution in [2.45, 2.75) is 133 Å². The molecule has 0 amide bonds. The largest absolute Gasteiger partial charge is 0.462 e. The van der Waals surface area contributed by atoms with E-state index in [1.54, 1.807) is 6.92 Å². The van der Waals surface area contributed by atoms with Gasteiger partial charge in [0.1, 0.15) is 0 Å². The summed E-state index contributed by atoms with van der Waals surface area (Å²) in [5.74, 6) is -0.258. The highest BCUT2D eigenvalue weighted by Crippen LogP contribution is 2.15. The number of esters is 1. The van der Waals surface area contributed by atoms with Gasteiger partial charge < -0.3 is 4.74 Å². The summed E-state index contributed by atoms with van der Waals surface area (Å²) in [4.78, 5) is 11.2. The summed E-state index contributed by atoms with van der Waals surface area (Å²) in [5, 5.41) is 0. The van der Waals surface area contributed by atoms with E-state index < -0.39 is 0 Å². The van der Waals surface area contributed by atoms with E-state index >= 15 is 0 Å². The molecule has 0 N–H and O–H groups in total. The number of halogens is 2. The third-order valence-electron chi connectivity index (χ3n) is 5.45. The van der Waals surface area contributed by atoms with E-state index in [2.05, 4.69) is 6.58 Å². The summed E-state index contributed by atoms with van der Waals surface area (Å²) in [6, 6.07) is 1.20. The number of carbonyl (C=O) groups is 1. The monoisotopic (exact) mass is 476 g/mol. The van der Waals surface area contributed by atoms with Crippen molar-refractivity contribution >= 4 is 38.7 Å². The second-order valence-electron chi connectivity index (χ2n) is 8.54. The number of alkyl halides is 2. The highest BCUT2D eigenvalue weighted by atomic mass is 35.5. The van der Waals surface area contributed by atoms with Crippen molar-refractivity contribution in [1.29, 1.82) is 0 Å². The van der Waals surface area contributed by atoms with Crippen LogP contribution in [0, 0.1) is 0 Å². The molecule has 30 heavy (non-hydrogen) atoms. The molecule has 5 heteroatoms. The highest BCUT2D eigenvalue weighted by Gasteiger charge is 2.02. The van der Waals surface area contributed by atoms with Crippen molar-refractivity contribution in [3.05, 3.63) is 12.2 Å². The topological polar surface area (TPSA) is 26.3 Å². The number of hydrogen-bond acceptors (Lipinski definition) is 2. The summed E-state index contributed by atoms with van der Waals surface area (Å²) >= 11 is 11.5. The molecule has 2 nitrogen and oxygen atoms in total. The number of unbranched alkanes of at least 4 members (excludes halogenated alkanes) is 17. The van der Waals surface area contributed by atoms with Crippen molar-refractivity contribution < 1.29 is 9.53 Å². The van der Waals surface area contributed by atoms with Crippen molar-refractivity contribution in [3.8, 4) is 0 Å². The van der Waals surface area contributed by atoms with Crippen LogP contribution in [0.5, 0.6) is 0 Å². The maximum atomic E-state index is 11.2. The second kappa shape index (κ2) is 23.7. The van der Waals surface area contributed by atoms with Crippen LogP contribution in [0.2, 0.25) is 6.04 Å². The molecular formula is C25H46Cl2O2Si. The highest BCUT2D eigenvalue weighted by molar-refractivity contribution is 6.68. The minimum Gasteiger partial charge on any atom is -0.462 e. The van der Waals surface area contributed by atoms with Crippen molar-refractivity contribution in [2.75, 3.05) is 6.61 Å². The fourth-order valence-corrected chi connectivity index (χ4v) is 4.88. The van der Waals surface area contributed by atoms with Gasteiger partial charge in [0.15, 0.2) is 0 Å². The van der Waals surface area contributed by atoms with Gasteiger partial charge in [-0.05, 0) is 13.3 Å². The minimum atomic E-state index is -0.258. The van der Waals surface area contributed by atoms with Gasteiger partial charge in [0, 0.05) is 5.57 Å². The Morgan fingerprint density at radius 3 is 1.37 bits per heavy atom. The molecule has 0 saturated heterocycles. The smallest absolute Gasteiger partial charge is 0.333 e. The summed E-state index contributed by atoms with van der Waals surface area (Å²) in [5.41, 5.74) is 0.488. The Labute approximate surface area is 199 Å². The van der Waals surface area contributed by atoms with Gasteiger partial charge in [0.05, 0.1) is 20.6 Å². The fourth-order valence-electron chi connectivity index (χ4n) is 3.55. The number of ether oxygens (including phenoxy) is 1. The first-order chi connectivity index (χ1) is 14.5. The van der Waals surface area contributed by atoms with E-state index in [1.807, 2.05) is 0 Å². The molecule has 0 bridgehead atoms. The average molecular weight is 478 g/mol. The predicted molar refractivity (Wildman–Crippen MR) is 135 cm³/mol. The van der Waals surface area contributed by atoms with Crippen LogP contribution < -0.4 is 0 Å². The third-order valence-corrected chi connectivity index (χ3v) is 7.33. The molecular weight excluding hydrogens is 431 g/mol. The zero-order chi connectivity index (χ0) is 22.3. The maximum absolute atomic E-state index is 11.2. The number of carbonyl (C=O) groups excluding carboxylic acids is 1. The van der Waals surface area contributed by atoms with E-state index in [0.29, 0.717) is 21.7 Å². The van der Waals surface area contributed by atoms with Gasteiger partial charge in [-0.25, -0.2) is 4.79 Å². The van der Waals surface area contributed by atoms with Crippen LogP contribution in [-0.4, -0.2) is 26.6 Å². The lowest BCUT2D eigenvalue weighted by atomic mass is 10.0. The zero-order valence-corrected chi connectivity index (χ0v) is 22.0. The number of rotatable bonds is 23. The van der Waals surface area contributed by atoms with Crippen LogP contribution >= 0.6 is 23.2 Å². The molecule has 0 unspecified atom stereocenters. The predicted octanol–water partition coefficient (Wildman–Crippen LogP) is 9.01. The lowest BCUT2D eigenvalue weighted by molar-refractivity contribution is -0.139. The first-order valence-corrected chi connectivity index (χ1v) is 14.5. The molecule has 0 rings (SSSR count). The Balaban J connectivity index is 3.07. The molecule has 0 saturated carbocycles. The van der Waals surface area contributed by atoms with Crippen LogP contribution in [0.15, 0.2) is 12.2 Å². The van der Waals surface area contributed by atoms with Gasteiger partial charge in [-0.1, -0.05) is 122 Å². The molecule has 0 fully saturated rings. The Hall–Kier alpha value is 0.00688. The summed E-state index contributed by atoms with van der Waals surface area (Å²) < 4.78 is 4.96. The fraction of sp³-hybridized carbons (Fsp3) is 0.880. The van der Waals surface area contributed by atoms with Gasteiger partial charge in [-0.15, -0.1) is 23.2 Å². The average Bonchev–Trinajstić information content (AvgIpc) is 2.71. The van der Waals surface area contributed by atoms with E-state index in [0.717, 1.165) is 12.8 Å². The van der Waals surface area contributed by atoms with Crippen LogP contribution in [0.1, 0.15) is 122 Å². The molecule has 176 valence electrons. The first-order valence-electron chi connectivity index (χ1n) is 12.4. The third kappa shape index (κ3) is 24.3. The van der Waals surface area contributed by atoms with Gasteiger partial charge in [-0.3, -0.25) is 0 Å². The summed E-state index contributed by atoms with van der Waals surface area (Å²) in [6.07, 6.45) is 24.1. The molecule has 0 aromatic carbocycles. The SMILES string of the molecule is C=C(C)C(=O)OCCCCCCCCCCCCCCCCCCCC[Si]C(Cl)Cl. The lowest BCUT2D eigenvalue weighted by Gasteiger charge is -2.05. The molecule has 0 spiro atoms. The molecule has 2 radical (unpaired) electrons. The van der Waals surface area contributed by atoms with Crippen LogP contribution in [0.4, 0.5) is 0 Å². The Bertz CT molecular complexity index is 403. The van der Waals surface area contributed by atoms with Gasteiger partial charge >= 0.3 is 5.97 Å². The maximum Gasteiger partial charge on any atom is 0.333 e. The quantitative estimate of drug-likeness (QED) is 0.0482. The standard InChI is InChI=1S/C25H46Cl2O2Si/c1-23(2)24(28)29-21-19-17-15-13-11-9-7-5-3-4-6-8-10-12-14-16-18-20-22-30-25(26)27/h25H,1,3-22H2,2H3. The second-order valence-corrected chi connectivity index (χ2v) is 11.8. The van der Waals surface area contributed by atoms with Crippen molar-refractivity contribution in [1.82, 2.24) is 0 Å². The summed E-state index contributed by atoms with van der Waals surface area (Å²) in [7, 11) is 0.713. The zero-order valence-electron chi connectivity index (χ0n) is 19.5. The van der Waals surface area contributed by atoms with Crippen molar-refractivity contribution in [2.24, 2.45) is 0 Å². The minimum absolute atomic E-state index is 0.146. The number of hydrogen-bond donors (Lipinski definition) is 0. The molecule has 0 aliphatic heterocycles. The van der Waals surface area contributed by atoms with E-state index in [-0.39, 0.29) is 10.4 Å². The van der Waals surface area contributed by atoms with Gasteiger partial charge in [0.25, 0.3) is 0 Å². The lowest BCUT2D eigenvalue weighted by Crippen LogP contribution is -2.05. The normalized spacial score (nSPS) is 11.2. The molecule has 0 aliphatic rings.